The highest BCUT2D eigenvalue weighted by Crippen LogP contribution is 2.31. The van der Waals surface area contributed by atoms with Crippen molar-refractivity contribution in [2.45, 2.75) is 59.8 Å². The fraction of sp³-hybridized carbons (Fsp3) is 0.647. The summed E-state index contributed by atoms with van der Waals surface area (Å²) in [5.74, 6) is 1.90. The average molecular weight is 232 g/mol. The van der Waals surface area contributed by atoms with Crippen LogP contribution in [0.5, 0.6) is 0 Å². The number of hydrogen-bond acceptors (Lipinski definition) is 0. The fourth-order valence-corrected chi connectivity index (χ4v) is 3.11. The molecule has 1 saturated carbocycles. The Morgan fingerprint density at radius 3 is 2.06 bits per heavy atom. The van der Waals surface area contributed by atoms with Crippen LogP contribution in [0.4, 0.5) is 0 Å². The van der Waals surface area contributed by atoms with Crippen molar-refractivity contribution < 1.29 is 1.43 Å². The minimum Gasteiger partial charge on any atom is -0.0625 e. The number of benzene rings is 1. The molecule has 0 atom stereocenters. The lowest BCUT2D eigenvalue weighted by molar-refractivity contribution is 0.289. The molecule has 17 heavy (non-hydrogen) atoms. The van der Waals surface area contributed by atoms with Gasteiger partial charge < -0.3 is 0 Å². The Hall–Kier alpha value is -0.780. The van der Waals surface area contributed by atoms with Gasteiger partial charge in [0.2, 0.25) is 0 Å². The molecule has 0 amide bonds. The number of rotatable bonds is 2. The highest BCUT2D eigenvalue weighted by Gasteiger charge is 2.18. The van der Waals surface area contributed by atoms with Crippen LogP contribution in [0.25, 0.3) is 0 Å². The molecule has 2 rings (SSSR count). The molecule has 0 saturated heterocycles. The van der Waals surface area contributed by atoms with Crippen molar-refractivity contribution in [2.24, 2.45) is 11.8 Å². The zero-order chi connectivity index (χ0) is 12.4. The molecule has 1 aromatic rings. The van der Waals surface area contributed by atoms with Gasteiger partial charge in [0.25, 0.3) is 0 Å². The first-order chi connectivity index (χ1) is 8.06. The average Bonchev–Trinajstić information content (AvgIpc) is 2.29. The van der Waals surface area contributed by atoms with E-state index in [1.165, 1.54) is 48.8 Å². The Morgan fingerprint density at radius 1 is 1.00 bits per heavy atom. The molecule has 1 aliphatic carbocycles. The SMILES string of the molecule is Cc1cc(CC2CCC(C)CC2)cc(C)c1C.[HH]. The van der Waals surface area contributed by atoms with Gasteiger partial charge in [0.15, 0.2) is 0 Å². The Morgan fingerprint density at radius 2 is 1.53 bits per heavy atom. The molecule has 1 fully saturated rings. The molecular weight excluding hydrogens is 204 g/mol. The highest BCUT2D eigenvalue weighted by molar-refractivity contribution is 5.37. The predicted molar refractivity (Wildman–Crippen MR) is 77.6 cm³/mol. The third-order valence-corrected chi connectivity index (χ3v) is 4.65. The summed E-state index contributed by atoms with van der Waals surface area (Å²) in [6, 6.07) is 4.81. The van der Waals surface area contributed by atoms with E-state index in [0.29, 0.717) is 0 Å². The topological polar surface area (TPSA) is 0 Å². The standard InChI is InChI=1S/C17H26.H2/c1-12-5-7-16(8-6-12)11-17-9-13(2)15(4)14(3)10-17;/h9-10,12,16H,5-8,11H2,1-4H3;1H. The van der Waals surface area contributed by atoms with Crippen LogP contribution in [0.15, 0.2) is 12.1 Å². The maximum absolute atomic E-state index is 2.40. The number of aryl methyl sites for hydroxylation is 2. The molecule has 0 nitrogen and oxygen atoms in total. The smallest absolute Gasteiger partial charge is 0 e. The summed E-state index contributed by atoms with van der Waals surface area (Å²) in [7, 11) is 0. The van der Waals surface area contributed by atoms with Gasteiger partial charge in [0.1, 0.15) is 0 Å². The lowest BCUT2D eigenvalue weighted by atomic mass is 9.79. The van der Waals surface area contributed by atoms with Gasteiger partial charge in [-0.3, -0.25) is 0 Å². The van der Waals surface area contributed by atoms with Gasteiger partial charge >= 0.3 is 0 Å². The van der Waals surface area contributed by atoms with Crippen molar-refractivity contribution in [3.63, 3.8) is 0 Å². The largest absolute Gasteiger partial charge is 0.0625 e. The second-order valence-electron chi connectivity index (χ2n) is 6.18. The predicted octanol–water partition coefficient (Wildman–Crippen LogP) is 5.23. The van der Waals surface area contributed by atoms with Gasteiger partial charge in [-0.25, -0.2) is 0 Å². The van der Waals surface area contributed by atoms with Crippen LogP contribution in [0, 0.1) is 32.6 Å². The Balaban J connectivity index is 0.00000162. The maximum atomic E-state index is 2.40. The molecule has 0 bridgehead atoms. The molecule has 1 aromatic carbocycles. The van der Waals surface area contributed by atoms with Gasteiger partial charge in [0.05, 0.1) is 0 Å². The van der Waals surface area contributed by atoms with Crippen molar-refractivity contribution >= 4 is 0 Å². The van der Waals surface area contributed by atoms with Crippen molar-refractivity contribution in [1.82, 2.24) is 0 Å². The summed E-state index contributed by atoms with van der Waals surface area (Å²) in [5, 5.41) is 0. The van der Waals surface area contributed by atoms with Crippen LogP contribution < -0.4 is 0 Å². The summed E-state index contributed by atoms with van der Waals surface area (Å²) in [6.45, 7) is 9.12. The van der Waals surface area contributed by atoms with Crippen LogP contribution in [0.2, 0.25) is 0 Å². The molecule has 0 heteroatoms. The van der Waals surface area contributed by atoms with Crippen LogP contribution in [-0.2, 0) is 6.42 Å². The Labute approximate surface area is 108 Å². The minimum absolute atomic E-state index is 0. The second kappa shape index (κ2) is 5.25. The first-order valence-corrected chi connectivity index (χ1v) is 7.13. The van der Waals surface area contributed by atoms with Crippen molar-refractivity contribution in [2.75, 3.05) is 0 Å². The Kier molecular flexibility index (Phi) is 3.91. The third-order valence-electron chi connectivity index (χ3n) is 4.65. The Bertz CT molecular complexity index is 364. The van der Waals surface area contributed by atoms with Gasteiger partial charge in [-0.2, -0.15) is 0 Å². The first kappa shape index (κ1) is 12.7. The molecule has 0 N–H and O–H groups in total. The van der Waals surface area contributed by atoms with Gasteiger partial charge in [-0.1, -0.05) is 31.9 Å². The molecule has 0 radical (unpaired) electrons. The van der Waals surface area contributed by atoms with Gasteiger partial charge in [-0.05, 0) is 74.1 Å². The molecule has 0 heterocycles. The van der Waals surface area contributed by atoms with E-state index in [2.05, 4.69) is 39.8 Å². The van der Waals surface area contributed by atoms with E-state index in [0.717, 1.165) is 11.8 Å². The zero-order valence-corrected chi connectivity index (χ0v) is 11.8. The molecule has 1 aliphatic rings. The monoisotopic (exact) mass is 232 g/mol. The lowest BCUT2D eigenvalue weighted by Crippen LogP contribution is -2.14. The van der Waals surface area contributed by atoms with E-state index >= 15 is 0 Å². The molecular formula is C17H28. The summed E-state index contributed by atoms with van der Waals surface area (Å²) in [5.41, 5.74) is 5.95. The van der Waals surface area contributed by atoms with E-state index < -0.39 is 0 Å². The van der Waals surface area contributed by atoms with Crippen molar-refractivity contribution in [1.29, 1.82) is 0 Å². The molecule has 0 aliphatic heterocycles. The summed E-state index contributed by atoms with van der Waals surface area (Å²) < 4.78 is 0. The second-order valence-corrected chi connectivity index (χ2v) is 6.18. The maximum Gasteiger partial charge on any atom is 0 e. The summed E-state index contributed by atoms with van der Waals surface area (Å²) in [4.78, 5) is 0. The van der Waals surface area contributed by atoms with Crippen molar-refractivity contribution in [3.8, 4) is 0 Å². The van der Waals surface area contributed by atoms with Crippen LogP contribution in [0.3, 0.4) is 0 Å². The summed E-state index contributed by atoms with van der Waals surface area (Å²) in [6.07, 6.45) is 7.05. The molecule has 0 unspecified atom stereocenters. The van der Waals surface area contributed by atoms with E-state index in [1.54, 1.807) is 5.56 Å². The van der Waals surface area contributed by atoms with Gasteiger partial charge in [0, 0.05) is 1.43 Å². The van der Waals surface area contributed by atoms with Crippen molar-refractivity contribution in [3.05, 3.63) is 34.4 Å². The quantitative estimate of drug-likeness (QED) is 0.655. The fourth-order valence-electron chi connectivity index (χ4n) is 3.11. The van der Waals surface area contributed by atoms with Crippen LogP contribution in [-0.4, -0.2) is 0 Å². The van der Waals surface area contributed by atoms with Gasteiger partial charge in [-0.15, -0.1) is 0 Å². The lowest BCUT2D eigenvalue weighted by Gasteiger charge is -2.26. The van der Waals surface area contributed by atoms with Crippen LogP contribution >= 0.6 is 0 Å². The highest BCUT2D eigenvalue weighted by atomic mass is 14.2. The van der Waals surface area contributed by atoms with E-state index in [4.69, 9.17) is 0 Å². The summed E-state index contributed by atoms with van der Waals surface area (Å²) >= 11 is 0. The van der Waals surface area contributed by atoms with E-state index in [-0.39, 0.29) is 1.43 Å². The third kappa shape index (κ3) is 3.12. The first-order valence-electron chi connectivity index (χ1n) is 7.13. The normalized spacial score (nSPS) is 24.9. The zero-order valence-electron chi connectivity index (χ0n) is 11.8. The molecule has 0 aromatic heterocycles. The molecule has 0 spiro atoms. The minimum atomic E-state index is 0. The van der Waals surface area contributed by atoms with Crippen LogP contribution in [0.1, 0.15) is 56.3 Å². The number of hydrogen-bond donors (Lipinski definition) is 0. The van der Waals surface area contributed by atoms with E-state index in [1.807, 2.05) is 0 Å². The van der Waals surface area contributed by atoms with E-state index in [9.17, 15) is 0 Å². The molecule has 96 valence electrons.